The number of halogens is 2. The summed E-state index contributed by atoms with van der Waals surface area (Å²) in [5.74, 6) is 2.01. The molecular weight excluding hydrogens is 557 g/mol. The topological polar surface area (TPSA) is 74.4 Å². The van der Waals surface area contributed by atoms with Crippen molar-refractivity contribution in [1.82, 2.24) is 20.9 Å². The molecule has 1 aliphatic rings. The van der Waals surface area contributed by atoms with E-state index in [2.05, 4.69) is 40.2 Å². The Morgan fingerprint density at radius 2 is 1.51 bits per heavy atom. The third-order valence-electron chi connectivity index (χ3n) is 6.52. The monoisotopic (exact) mass is 583 g/mol. The highest BCUT2D eigenvalue weighted by Crippen LogP contribution is 2.36. The molecule has 41 heavy (non-hydrogen) atoms. The summed E-state index contributed by atoms with van der Waals surface area (Å²) < 4.78 is 12.1. The summed E-state index contributed by atoms with van der Waals surface area (Å²) in [5.41, 5.74) is 12.7. The average Bonchev–Trinajstić information content (AvgIpc) is 3.67. The zero-order valence-electron chi connectivity index (χ0n) is 22.2. The summed E-state index contributed by atoms with van der Waals surface area (Å²) in [4.78, 5) is 8.56. The van der Waals surface area contributed by atoms with Crippen LogP contribution in [-0.2, 0) is 0 Å². The van der Waals surface area contributed by atoms with Crippen molar-refractivity contribution >= 4 is 28.9 Å². The molecule has 0 spiro atoms. The number of hydrazine groups is 2. The molecule has 0 saturated carbocycles. The van der Waals surface area contributed by atoms with Crippen LogP contribution in [0.25, 0.3) is 33.9 Å². The van der Waals surface area contributed by atoms with E-state index >= 15 is 0 Å². The van der Waals surface area contributed by atoms with E-state index in [1.165, 1.54) is 0 Å². The summed E-state index contributed by atoms with van der Waals surface area (Å²) in [6, 6.07) is 31.7. The van der Waals surface area contributed by atoms with Crippen LogP contribution in [0.3, 0.4) is 0 Å². The van der Waals surface area contributed by atoms with Crippen molar-refractivity contribution in [2.24, 2.45) is 0 Å². The van der Waals surface area contributed by atoms with Gasteiger partial charge in [-0.25, -0.2) is 4.98 Å². The van der Waals surface area contributed by atoms with Gasteiger partial charge in [-0.05, 0) is 43.3 Å². The molecule has 2 heterocycles. The largest absolute Gasteiger partial charge is 0.490 e. The maximum Gasteiger partial charge on any atom is 0.161 e. The minimum Gasteiger partial charge on any atom is -0.490 e. The Morgan fingerprint density at radius 1 is 0.756 bits per heavy atom. The number of nitrogens with zero attached hydrogens (tertiary/aromatic N) is 2. The second kappa shape index (κ2) is 12.0. The average molecular weight is 585 g/mol. The van der Waals surface area contributed by atoms with Crippen molar-refractivity contribution in [2.75, 3.05) is 18.2 Å². The van der Waals surface area contributed by atoms with Gasteiger partial charge < -0.3 is 19.9 Å². The zero-order chi connectivity index (χ0) is 28.2. The number of rotatable bonds is 9. The van der Waals surface area contributed by atoms with E-state index in [0.29, 0.717) is 34.8 Å². The van der Waals surface area contributed by atoms with Crippen LogP contribution in [0.15, 0.2) is 109 Å². The quantitative estimate of drug-likeness (QED) is 0.164. The lowest BCUT2D eigenvalue weighted by Crippen LogP contribution is -2.37. The van der Waals surface area contributed by atoms with Crippen LogP contribution in [0.2, 0.25) is 10.0 Å². The van der Waals surface area contributed by atoms with E-state index < -0.39 is 0 Å². The van der Waals surface area contributed by atoms with E-state index in [4.69, 9.17) is 37.7 Å². The Bertz CT molecular complexity index is 1630. The molecule has 0 bridgehead atoms. The predicted molar refractivity (Wildman–Crippen MR) is 165 cm³/mol. The SMILES string of the molecule is CCOc1cc(-c2nc(-c3ccccc3)c(-c3ccccc3)[nH]2)ccc1OCC1=CN(c2ccc(Cl)c(Cl)c2)NN1. The fourth-order valence-electron chi connectivity index (χ4n) is 4.53. The number of aromatic nitrogens is 2. The fraction of sp³-hybridized carbons (Fsp3) is 0.0938. The maximum absolute atomic E-state index is 6.17. The van der Waals surface area contributed by atoms with Gasteiger partial charge in [0.1, 0.15) is 12.4 Å². The van der Waals surface area contributed by atoms with E-state index in [9.17, 15) is 0 Å². The molecule has 9 heteroatoms. The maximum atomic E-state index is 6.17. The Balaban J connectivity index is 1.25. The molecule has 1 aromatic heterocycles. The van der Waals surface area contributed by atoms with Gasteiger partial charge in [-0.15, -0.1) is 5.53 Å². The smallest absolute Gasteiger partial charge is 0.161 e. The van der Waals surface area contributed by atoms with Crippen molar-refractivity contribution < 1.29 is 9.47 Å². The number of aromatic amines is 1. The first kappa shape index (κ1) is 26.8. The van der Waals surface area contributed by atoms with Crippen LogP contribution < -0.4 is 25.4 Å². The number of nitrogens with one attached hydrogen (secondary N) is 3. The molecule has 0 radical (unpaired) electrons. The van der Waals surface area contributed by atoms with Crippen LogP contribution in [0.5, 0.6) is 11.5 Å². The lowest BCUT2D eigenvalue weighted by atomic mass is 10.1. The minimum atomic E-state index is 0.293. The normalized spacial score (nSPS) is 12.7. The fourth-order valence-corrected chi connectivity index (χ4v) is 4.82. The number of H-pyrrole nitrogens is 1. The summed E-state index contributed by atoms with van der Waals surface area (Å²) >= 11 is 12.2. The summed E-state index contributed by atoms with van der Waals surface area (Å²) in [7, 11) is 0. The van der Waals surface area contributed by atoms with E-state index in [1.54, 1.807) is 17.1 Å². The van der Waals surface area contributed by atoms with Crippen molar-refractivity contribution in [3.63, 3.8) is 0 Å². The molecule has 4 aromatic carbocycles. The number of hydrogen-bond acceptors (Lipinski definition) is 6. The lowest BCUT2D eigenvalue weighted by Gasteiger charge is -2.15. The first-order chi connectivity index (χ1) is 20.1. The van der Waals surface area contributed by atoms with Gasteiger partial charge in [0.2, 0.25) is 0 Å². The Kier molecular flexibility index (Phi) is 7.82. The molecule has 5 aromatic rings. The minimum absolute atomic E-state index is 0.293. The predicted octanol–water partition coefficient (Wildman–Crippen LogP) is 7.87. The lowest BCUT2D eigenvalue weighted by molar-refractivity contribution is 0.289. The van der Waals surface area contributed by atoms with E-state index in [-0.39, 0.29) is 0 Å². The highest BCUT2D eigenvalue weighted by molar-refractivity contribution is 6.42. The molecule has 0 unspecified atom stereocenters. The Hall–Kier alpha value is -4.43. The van der Waals surface area contributed by atoms with Crippen LogP contribution in [0.1, 0.15) is 6.92 Å². The molecule has 1 aliphatic heterocycles. The number of hydrogen-bond donors (Lipinski definition) is 3. The van der Waals surface area contributed by atoms with Gasteiger partial charge in [-0.1, -0.05) is 83.9 Å². The van der Waals surface area contributed by atoms with Crippen LogP contribution in [-0.4, -0.2) is 23.2 Å². The first-order valence-corrected chi connectivity index (χ1v) is 13.9. The number of benzene rings is 4. The highest BCUT2D eigenvalue weighted by Gasteiger charge is 2.18. The van der Waals surface area contributed by atoms with Crippen molar-refractivity contribution in [3.8, 4) is 45.4 Å². The van der Waals surface area contributed by atoms with Gasteiger partial charge in [0.15, 0.2) is 11.5 Å². The van der Waals surface area contributed by atoms with Gasteiger partial charge in [0.05, 0.1) is 39.4 Å². The summed E-state index contributed by atoms with van der Waals surface area (Å²) in [5, 5.41) is 2.79. The first-order valence-electron chi connectivity index (χ1n) is 13.2. The van der Waals surface area contributed by atoms with E-state index in [0.717, 1.165) is 45.3 Å². The Labute approximate surface area is 248 Å². The molecule has 7 nitrogen and oxygen atoms in total. The van der Waals surface area contributed by atoms with Gasteiger partial charge >= 0.3 is 0 Å². The van der Waals surface area contributed by atoms with Crippen LogP contribution in [0, 0.1) is 0 Å². The third-order valence-corrected chi connectivity index (χ3v) is 7.26. The number of anilines is 1. The summed E-state index contributed by atoms with van der Waals surface area (Å²) in [6.07, 6.45) is 1.90. The number of imidazole rings is 1. The third kappa shape index (κ3) is 5.88. The van der Waals surface area contributed by atoms with Crippen LogP contribution in [0.4, 0.5) is 5.69 Å². The second-order valence-electron chi connectivity index (χ2n) is 9.28. The van der Waals surface area contributed by atoms with E-state index in [1.807, 2.05) is 73.8 Å². The molecule has 0 amide bonds. The van der Waals surface area contributed by atoms with Crippen molar-refractivity contribution in [3.05, 3.63) is 119 Å². The molecule has 206 valence electrons. The number of ether oxygens (including phenoxy) is 2. The van der Waals surface area contributed by atoms with Crippen molar-refractivity contribution in [2.45, 2.75) is 6.92 Å². The summed E-state index contributed by atoms with van der Waals surface area (Å²) in [6.45, 7) is 2.74. The molecule has 0 fully saturated rings. The molecular formula is C32H27Cl2N5O2. The molecule has 0 aliphatic carbocycles. The van der Waals surface area contributed by atoms with Crippen molar-refractivity contribution in [1.29, 1.82) is 0 Å². The molecule has 3 N–H and O–H groups in total. The Morgan fingerprint density at radius 3 is 2.24 bits per heavy atom. The second-order valence-corrected chi connectivity index (χ2v) is 10.1. The van der Waals surface area contributed by atoms with Crippen LogP contribution >= 0.6 is 23.2 Å². The highest BCUT2D eigenvalue weighted by atomic mass is 35.5. The zero-order valence-corrected chi connectivity index (χ0v) is 23.7. The molecule has 6 rings (SSSR count). The molecule has 0 atom stereocenters. The molecule has 0 saturated heterocycles. The van der Waals surface area contributed by atoms with Gasteiger partial charge in [0, 0.05) is 22.9 Å². The van der Waals surface area contributed by atoms with Gasteiger partial charge in [-0.3, -0.25) is 5.01 Å². The van der Waals surface area contributed by atoms with Gasteiger partial charge in [0.25, 0.3) is 0 Å². The van der Waals surface area contributed by atoms with Gasteiger partial charge in [-0.2, -0.15) is 0 Å². The standard InChI is InChI=1S/C32H27Cl2N5O2/c1-2-40-29-17-23(32-35-30(21-9-5-3-6-10-21)31(36-32)22-11-7-4-8-12-22)13-16-28(29)41-20-24-19-39(38-37-24)25-14-15-26(33)27(34)18-25/h3-19,37-38H,2,20H2,1H3,(H,35,36).